The molecule has 0 radical (unpaired) electrons. The highest BCUT2D eigenvalue weighted by Gasteiger charge is 2.22. The normalized spacial score (nSPS) is 12.5. The minimum Gasteiger partial charge on any atom is -0.463 e. The molecule has 0 saturated heterocycles. The van der Waals surface area contributed by atoms with Crippen molar-refractivity contribution in [3.63, 3.8) is 0 Å². The molecule has 0 aromatic rings. The van der Waals surface area contributed by atoms with Gasteiger partial charge in [-0.25, -0.2) is 0 Å². The lowest BCUT2D eigenvalue weighted by Gasteiger charge is -2.25. The van der Waals surface area contributed by atoms with Gasteiger partial charge < -0.3 is 48.3 Å². The molecule has 0 aliphatic carbocycles. The minimum absolute atomic E-state index is 0.0197. The van der Waals surface area contributed by atoms with E-state index in [-0.39, 0.29) is 69.6 Å². The van der Waals surface area contributed by atoms with Crippen LogP contribution in [0.25, 0.3) is 0 Å². The molecule has 0 unspecified atom stereocenters. The van der Waals surface area contributed by atoms with E-state index in [1.807, 2.05) is 111 Å². The van der Waals surface area contributed by atoms with Crippen LogP contribution in [0.3, 0.4) is 0 Å². The number of carbonyl (C=O) groups excluding carboxylic acids is 4. The Morgan fingerprint density at radius 3 is 1.02 bits per heavy atom. The lowest BCUT2D eigenvalue weighted by molar-refractivity contribution is -0.189. The Morgan fingerprint density at radius 1 is 0.409 bits per heavy atom. The first-order chi connectivity index (χ1) is 41.4. The highest BCUT2D eigenvalue weighted by Crippen LogP contribution is 2.25. The SMILES string of the molecule is CC(C)(C)CCCOCCCC(C)(C)C.CC(C)(C)CCCSCCCC(C)(C)C.CC(C)(C)OCC(O)COC(C)(C)C.CC(C)(C)OCCCNC(=O)C(C)(C)C.CC(C)CC(=O)OC(C)C.CC(C)CCOC(C)(C)C.CC(OC(=O)C(C)C)OC(=O)C(C)C. The summed E-state index contributed by atoms with van der Waals surface area (Å²) in [6.07, 6.45) is 11.6. The quantitative estimate of drug-likeness (QED) is 0.0395. The van der Waals surface area contributed by atoms with Gasteiger partial charge in [-0.2, -0.15) is 11.8 Å². The molecule has 0 rings (SSSR count). The molecular weight excluding hydrogens is 1190 g/mol. The molecule has 1 amide bonds. The average molecular weight is 1360 g/mol. The summed E-state index contributed by atoms with van der Waals surface area (Å²) in [4.78, 5) is 44.5. The number of esters is 3. The van der Waals surface area contributed by atoms with E-state index in [4.69, 9.17) is 37.9 Å². The van der Waals surface area contributed by atoms with E-state index in [0.717, 1.165) is 38.6 Å². The van der Waals surface area contributed by atoms with Crippen molar-refractivity contribution in [3.8, 4) is 0 Å². The maximum atomic E-state index is 11.5. The van der Waals surface area contributed by atoms with Gasteiger partial charge in [-0.05, 0) is 206 Å². The standard InChI is InChI=1S/C14H30O.C14H30S.C12H25NO2.C11H24O3.C10H18O4.C9H20O.C8H16O2/c2*1-13(2,3)9-7-11-15-12-8-10-14(4,5)6;1-11(2,3)10(14)13-8-7-9-15-12(4,5)6;1-10(2,3)13-7-9(12)8-14-11(4,5)6;1-6(2)9(11)13-8(5)14-10(12)7(3)4;1-8(2)6-7-10-9(3,4)5;1-6(2)5-8(9)10-7(3)4/h2*7-12H2,1-6H3;7-9H2,1-6H3,(H,13,14);9,12H,7-8H2,1-6H3;6-8H,1-5H3;8H,6-7H2,1-5H3;6-7H,5H2,1-4H3. The van der Waals surface area contributed by atoms with Crippen molar-refractivity contribution in [2.45, 2.75) is 375 Å². The first-order valence-electron chi connectivity index (χ1n) is 35.7. The Kier molecular flexibility index (Phi) is 60.5. The van der Waals surface area contributed by atoms with Gasteiger partial charge in [0.05, 0.1) is 53.6 Å². The Bertz CT molecular complexity index is 1640. The van der Waals surface area contributed by atoms with E-state index in [1.54, 1.807) is 27.7 Å². The molecule has 0 aliphatic heterocycles. The molecule has 15 heteroatoms. The molecule has 0 fully saturated rings. The topological polar surface area (TPSA) is 174 Å². The van der Waals surface area contributed by atoms with Crippen LogP contribution in [0, 0.1) is 50.7 Å². The first kappa shape index (κ1) is 104. The summed E-state index contributed by atoms with van der Waals surface area (Å²) in [7, 11) is 0. The molecule has 0 aromatic heterocycles. The maximum Gasteiger partial charge on any atom is 0.311 e. The zero-order valence-corrected chi connectivity index (χ0v) is 69.8. The molecule has 0 aliphatic rings. The van der Waals surface area contributed by atoms with Gasteiger partial charge in [0.25, 0.3) is 0 Å². The highest BCUT2D eigenvalue weighted by molar-refractivity contribution is 7.99. The van der Waals surface area contributed by atoms with Gasteiger partial charge in [-0.15, -0.1) is 0 Å². The van der Waals surface area contributed by atoms with Crippen LogP contribution >= 0.6 is 11.8 Å². The van der Waals surface area contributed by atoms with Crippen molar-refractivity contribution in [3.05, 3.63) is 0 Å². The fourth-order valence-electron chi connectivity index (χ4n) is 6.55. The Balaban J connectivity index is -0.000000187. The summed E-state index contributed by atoms with van der Waals surface area (Å²) < 4.78 is 42.2. The average Bonchev–Trinajstić information content (AvgIpc) is 1.53. The summed E-state index contributed by atoms with van der Waals surface area (Å²) in [5, 5.41) is 12.4. The van der Waals surface area contributed by atoms with E-state index in [1.165, 1.54) is 69.8 Å². The van der Waals surface area contributed by atoms with Crippen molar-refractivity contribution in [1.82, 2.24) is 5.32 Å². The van der Waals surface area contributed by atoms with Crippen molar-refractivity contribution in [2.24, 2.45) is 50.7 Å². The third kappa shape index (κ3) is 109. The monoisotopic (exact) mass is 1350 g/mol. The molecule has 0 atom stereocenters. The zero-order valence-electron chi connectivity index (χ0n) is 68.9. The number of hydrogen-bond donors (Lipinski definition) is 2. The summed E-state index contributed by atoms with van der Waals surface area (Å²) in [5.74, 6) is 2.69. The smallest absolute Gasteiger partial charge is 0.311 e. The zero-order chi connectivity index (χ0) is 75.1. The second-order valence-corrected chi connectivity index (χ2v) is 37.5. The number of nitrogens with one attached hydrogen (secondary N) is 1. The van der Waals surface area contributed by atoms with Crippen LogP contribution in [0.2, 0.25) is 0 Å². The number of hydrogen-bond acceptors (Lipinski definition) is 14. The molecule has 0 saturated carbocycles. The Labute approximate surface area is 583 Å². The van der Waals surface area contributed by atoms with Gasteiger partial charge in [0.1, 0.15) is 6.10 Å². The maximum absolute atomic E-state index is 11.5. The fourth-order valence-corrected chi connectivity index (χ4v) is 7.45. The largest absolute Gasteiger partial charge is 0.463 e. The number of thioether (sulfide) groups is 1. The predicted molar refractivity (Wildman–Crippen MR) is 400 cm³/mol. The lowest BCUT2D eigenvalue weighted by Crippen LogP contribution is -2.35. The van der Waals surface area contributed by atoms with E-state index in [2.05, 4.69) is 135 Å². The molecule has 564 valence electrons. The van der Waals surface area contributed by atoms with Crippen LogP contribution in [0.4, 0.5) is 0 Å². The molecule has 14 nitrogen and oxygen atoms in total. The van der Waals surface area contributed by atoms with Crippen molar-refractivity contribution >= 4 is 35.6 Å². The molecule has 0 aromatic carbocycles. The van der Waals surface area contributed by atoms with Crippen LogP contribution in [-0.4, -0.2) is 128 Å². The number of aliphatic hydroxyl groups is 1. The minimum atomic E-state index is -0.806. The second kappa shape index (κ2) is 53.9. The Hall–Kier alpha value is -2.01. The fraction of sp³-hybridized carbons (Fsp3) is 0.949. The lowest BCUT2D eigenvalue weighted by atomic mass is 9.90. The number of aliphatic hydroxyl groups excluding tert-OH is 1. The summed E-state index contributed by atoms with van der Waals surface area (Å²) in [6.45, 7) is 82.9. The number of ether oxygens (including phenoxy) is 8. The van der Waals surface area contributed by atoms with Crippen LogP contribution in [-0.2, 0) is 57.1 Å². The summed E-state index contributed by atoms with van der Waals surface area (Å²) >= 11 is 2.13. The second-order valence-electron chi connectivity index (χ2n) is 36.2. The van der Waals surface area contributed by atoms with Gasteiger partial charge in [0, 0.05) is 51.7 Å². The van der Waals surface area contributed by atoms with Crippen molar-refractivity contribution in [1.29, 1.82) is 0 Å². The molecule has 93 heavy (non-hydrogen) atoms. The molecule has 0 heterocycles. The third-order valence-corrected chi connectivity index (χ3v) is 12.9. The van der Waals surface area contributed by atoms with E-state index < -0.39 is 12.4 Å². The predicted octanol–water partition coefficient (Wildman–Crippen LogP) is 20.9. The summed E-state index contributed by atoms with van der Waals surface area (Å²) in [5.41, 5.74) is 1.18. The van der Waals surface area contributed by atoms with Crippen LogP contribution in [0.5, 0.6) is 0 Å². The van der Waals surface area contributed by atoms with Gasteiger partial charge in [0.15, 0.2) is 0 Å². The van der Waals surface area contributed by atoms with Crippen molar-refractivity contribution in [2.75, 3.05) is 57.7 Å². The van der Waals surface area contributed by atoms with E-state index >= 15 is 0 Å². The number of carbonyl (C=O) groups is 4. The first-order valence-corrected chi connectivity index (χ1v) is 36.9. The van der Waals surface area contributed by atoms with Crippen LogP contribution in [0.15, 0.2) is 0 Å². The van der Waals surface area contributed by atoms with Gasteiger partial charge in [-0.3, -0.25) is 19.2 Å². The van der Waals surface area contributed by atoms with E-state index in [9.17, 15) is 24.3 Å². The van der Waals surface area contributed by atoms with Crippen molar-refractivity contribution < 1.29 is 62.2 Å². The molecule has 0 spiro atoms. The molecule has 0 bridgehead atoms. The molecular formula is C78H163NO13S. The third-order valence-electron chi connectivity index (χ3n) is 11.8. The molecule has 2 N–H and O–H groups in total. The van der Waals surface area contributed by atoms with Gasteiger partial charge in [0.2, 0.25) is 12.2 Å². The summed E-state index contributed by atoms with van der Waals surface area (Å²) in [6, 6.07) is 0. The number of amides is 1. The van der Waals surface area contributed by atoms with Crippen LogP contribution < -0.4 is 5.32 Å². The van der Waals surface area contributed by atoms with Gasteiger partial charge >= 0.3 is 17.9 Å². The van der Waals surface area contributed by atoms with Crippen LogP contribution in [0.1, 0.15) is 334 Å². The van der Waals surface area contributed by atoms with E-state index in [0.29, 0.717) is 60.4 Å². The van der Waals surface area contributed by atoms with Gasteiger partial charge in [-0.1, -0.05) is 159 Å². The Morgan fingerprint density at radius 2 is 0.742 bits per heavy atom. The number of rotatable bonds is 30. The highest BCUT2D eigenvalue weighted by atomic mass is 32.2.